The van der Waals surface area contributed by atoms with Gasteiger partial charge < -0.3 is 15.1 Å². The quantitative estimate of drug-likeness (QED) is 0.887. The summed E-state index contributed by atoms with van der Waals surface area (Å²) in [5, 5.41) is 6.32. The Hall–Kier alpha value is -2.07. The second kappa shape index (κ2) is 5.74. The van der Waals surface area contributed by atoms with Crippen molar-refractivity contribution in [2.45, 2.75) is 32.7 Å². The number of benzene rings is 1. The lowest BCUT2D eigenvalue weighted by molar-refractivity contribution is -0.115. The summed E-state index contributed by atoms with van der Waals surface area (Å²) in [4.78, 5) is 11.5. The van der Waals surface area contributed by atoms with E-state index in [-0.39, 0.29) is 11.9 Å². The normalized spacial score (nSPS) is 14.9. The Labute approximate surface area is 124 Å². The lowest BCUT2D eigenvalue weighted by Gasteiger charge is -2.17. The van der Waals surface area contributed by atoms with E-state index in [9.17, 15) is 4.79 Å². The van der Waals surface area contributed by atoms with Gasteiger partial charge in [0.05, 0.1) is 12.5 Å². The Morgan fingerprint density at radius 3 is 2.86 bits per heavy atom. The molecular formula is C17H20N2O2. The zero-order valence-electron chi connectivity index (χ0n) is 12.4. The third kappa shape index (κ3) is 2.72. The van der Waals surface area contributed by atoms with Crippen molar-refractivity contribution in [2.24, 2.45) is 0 Å². The number of hydrogen-bond donors (Lipinski definition) is 2. The van der Waals surface area contributed by atoms with Crippen LogP contribution in [0.4, 0.5) is 5.69 Å². The summed E-state index contributed by atoms with van der Waals surface area (Å²) in [6, 6.07) is 10.2. The lowest BCUT2D eigenvalue weighted by Crippen LogP contribution is -2.21. The second-order valence-corrected chi connectivity index (χ2v) is 5.29. The number of anilines is 1. The van der Waals surface area contributed by atoms with Crippen LogP contribution in [0.5, 0.6) is 0 Å². The number of carbonyl (C=O) groups is 1. The number of fused-ring (bicyclic) bond motifs is 1. The fourth-order valence-electron chi connectivity index (χ4n) is 2.76. The molecule has 1 aromatic carbocycles. The predicted octanol–water partition coefficient (Wildman–Crippen LogP) is 3.04. The average molecular weight is 284 g/mol. The topological polar surface area (TPSA) is 54.3 Å². The standard InChI is InChI=1S/C17H20N2O2/c1-3-13-6-8-15(21-13)17(18-4-2)11-5-7-14-12(9-11)10-16(20)19-14/h5-9,17-18H,3-4,10H2,1-2H3,(H,19,20). The van der Waals surface area contributed by atoms with Crippen molar-refractivity contribution < 1.29 is 9.21 Å². The minimum Gasteiger partial charge on any atom is -0.464 e. The van der Waals surface area contributed by atoms with Crippen LogP contribution in [0.1, 0.15) is 42.5 Å². The zero-order chi connectivity index (χ0) is 14.8. The highest BCUT2D eigenvalue weighted by Crippen LogP contribution is 2.30. The van der Waals surface area contributed by atoms with E-state index in [4.69, 9.17) is 4.42 Å². The third-order valence-electron chi connectivity index (χ3n) is 3.81. The largest absolute Gasteiger partial charge is 0.464 e. The van der Waals surface area contributed by atoms with Crippen LogP contribution in [0.25, 0.3) is 0 Å². The van der Waals surface area contributed by atoms with E-state index in [1.165, 1.54) is 0 Å². The first-order valence-corrected chi connectivity index (χ1v) is 7.46. The SMILES string of the molecule is CCNC(c1ccc2c(c1)CC(=O)N2)c1ccc(CC)o1. The van der Waals surface area contributed by atoms with Crippen molar-refractivity contribution in [3.63, 3.8) is 0 Å². The predicted molar refractivity (Wildman–Crippen MR) is 82.4 cm³/mol. The Balaban J connectivity index is 1.94. The van der Waals surface area contributed by atoms with Crippen LogP contribution >= 0.6 is 0 Å². The summed E-state index contributed by atoms with van der Waals surface area (Å²) in [6.45, 7) is 5.01. The first-order chi connectivity index (χ1) is 10.2. The maximum Gasteiger partial charge on any atom is 0.228 e. The first-order valence-electron chi connectivity index (χ1n) is 7.46. The maximum atomic E-state index is 11.5. The van der Waals surface area contributed by atoms with E-state index in [1.807, 2.05) is 24.3 Å². The summed E-state index contributed by atoms with van der Waals surface area (Å²) in [5.41, 5.74) is 3.11. The van der Waals surface area contributed by atoms with Crippen molar-refractivity contribution in [3.8, 4) is 0 Å². The maximum absolute atomic E-state index is 11.5. The molecule has 0 saturated heterocycles. The Bertz CT molecular complexity index is 661. The fraction of sp³-hybridized carbons (Fsp3) is 0.353. The van der Waals surface area contributed by atoms with Gasteiger partial charge in [0.15, 0.2) is 0 Å². The molecule has 4 heteroatoms. The van der Waals surface area contributed by atoms with Gasteiger partial charge in [-0.3, -0.25) is 4.79 Å². The molecule has 1 aliphatic heterocycles. The van der Waals surface area contributed by atoms with Crippen LogP contribution in [0.15, 0.2) is 34.7 Å². The summed E-state index contributed by atoms with van der Waals surface area (Å²) in [5.74, 6) is 1.98. The number of furan rings is 1. The molecule has 0 bridgehead atoms. The van der Waals surface area contributed by atoms with Gasteiger partial charge in [-0.05, 0) is 35.9 Å². The van der Waals surface area contributed by atoms with E-state index >= 15 is 0 Å². The zero-order valence-corrected chi connectivity index (χ0v) is 12.4. The third-order valence-corrected chi connectivity index (χ3v) is 3.81. The smallest absolute Gasteiger partial charge is 0.228 e. The molecule has 1 unspecified atom stereocenters. The van der Waals surface area contributed by atoms with E-state index in [0.29, 0.717) is 6.42 Å². The summed E-state index contributed by atoms with van der Waals surface area (Å²) in [6.07, 6.45) is 1.35. The average Bonchev–Trinajstić information content (AvgIpc) is 3.09. The van der Waals surface area contributed by atoms with E-state index in [0.717, 1.165) is 41.3 Å². The molecule has 110 valence electrons. The van der Waals surface area contributed by atoms with E-state index in [2.05, 4.69) is 30.5 Å². The molecule has 0 saturated carbocycles. The monoisotopic (exact) mass is 284 g/mol. The van der Waals surface area contributed by atoms with Crippen LogP contribution in [0.2, 0.25) is 0 Å². The first kappa shape index (κ1) is 13.9. The van der Waals surface area contributed by atoms with Crippen molar-refractivity contribution in [1.29, 1.82) is 0 Å². The van der Waals surface area contributed by atoms with Gasteiger partial charge in [-0.2, -0.15) is 0 Å². The van der Waals surface area contributed by atoms with Crippen LogP contribution in [0.3, 0.4) is 0 Å². The second-order valence-electron chi connectivity index (χ2n) is 5.29. The molecule has 0 radical (unpaired) electrons. The van der Waals surface area contributed by atoms with Crippen molar-refractivity contribution in [1.82, 2.24) is 5.32 Å². The summed E-state index contributed by atoms with van der Waals surface area (Å²) < 4.78 is 5.90. The molecule has 21 heavy (non-hydrogen) atoms. The molecule has 2 aromatic rings. The molecule has 0 aliphatic carbocycles. The molecule has 0 fully saturated rings. The van der Waals surface area contributed by atoms with Crippen molar-refractivity contribution in [2.75, 3.05) is 11.9 Å². The van der Waals surface area contributed by atoms with Gasteiger partial charge in [0, 0.05) is 12.1 Å². The number of carbonyl (C=O) groups excluding carboxylic acids is 1. The number of nitrogens with one attached hydrogen (secondary N) is 2. The Morgan fingerprint density at radius 2 is 2.14 bits per heavy atom. The Kier molecular flexibility index (Phi) is 3.80. The highest BCUT2D eigenvalue weighted by molar-refractivity contribution is 5.99. The van der Waals surface area contributed by atoms with Crippen molar-refractivity contribution >= 4 is 11.6 Å². The molecule has 2 N–H and O–H groups in total. The number of amides is 1. The molecule has 2 heterocycles. The molecule has 1 aliphatic rings. The molecule has 0 spiro atoms. The number of hydrogen-bond acceptors (Lipinski definition) is 3. The number of rotatable bonds is 5. The van der Waals surface area contributed by atoms with Gasteiger partial charge in [-0.15, -0.1) is 0 Å². The summed E-state index contributed by atoms with van der Waals surface area (Å²) in [7, 11) is 0. The van der Waals surface area contributed by atoms with Gasteiger partial charge in [0.2, 0.25) is 5.91 Å². The summed E-state index contributed by atoms with van der Waals surface area (Å²) >= 11 is 0. The van der Waals surface area contributed by atoms with E-state index < -0.39 is 0 Å². The molecule has 3 rings (SSSR count). The minimum atomic E-state index is 0.0244. The molecular weight excluding hydrogens is 264 g/mol. The molecule has 1 amide bonds. The molecule has 1 aromatic heterocycles. The van der Waals surface area contributed by atoms with Crippen LogP contribution in [-0.4, -0.2) is 12.5 Å². The lowest BCUT2D eigenvalue weighted by atomic mass is 10.0. The van der Waals surface area contributed by atoms with Gasteiger partial charge in [-0.1, -0.05) is 26.0 Å². The van der Waals surface area contributed by atoms with Crippen molar-refractivity contribution in [3.05, 3.63) is 53.0 Å². The van der Waals surface area contributed by atoms with Gasteiger partial charge in [0.25, 0.3) is 0 Å². The molecule has 1 atom stereocenters. The van der Waals surface area contributed by atoms with Gasteiger partial charge in [-0.25, -0.2) is 0 Å². The highest BCUT2D eigenvalue weighted by Gasteiger charge is 2.22. The van der Waals surface area contributed by atoms with Gasteiger partial charge >= 0.3 is 0 Å². The van der Waals surface area contributed by atoms with E-state index in [1.54, 1.807) is 0 Å². The minimum absolute atomic E-state index is 0.0244. The van der Waals surface area contributed by atoms with Crippen LogP contribution in [-0.2, 0) is 17.6 Å². The van der Waals surface area contributed by atoms with Crippen LogP contribution in [0, 0.1) is 0 Å². The Morgan fingerprint density at radius 1 is 1.29 bits per heavy atom. The fourth-order valence-corrected chi connectivity index (χ4v) is 2.76. The van der Waals surface area contributed by atoms with Crippen LogP contribution < -0.4 is 10.6 Å². The number of aryl methyl sites for hydroxylation is 1. The van der Waals surface area contributed by atoms with Gasteiger partial charge in [0.1, 0.15) is 11.5 Å². The highest BCUT2D eigenvalue weighted by atomic mass is 16.3. The molecule has 4 nitrogen and oxygen atoms in total.